The molecule has 1 saturated heterocycles. The van der Waals surface area contributed by atoms with Gasteiger partial charge in [-0.1, -0.05) is 11.6 Å². The number of aromatic amines is 1. The molecule has 1 spiro atoms. The zero-order chi connectivity index (χ0) is 21.8. The van der Waals surface area contributed by atoms with E-state index in [2.05, 4.69) is 20.6 Å². The molecule has 3 N–H and O–H groups in total. The smallest absolute Gasteiger partial charge is 0.251 e. The summed E-state index contributed by atoms with van der Waals surface area (Å²) in [5.41, 5.74) is 2.64. The number of benzene rings is 1. The number of rotatable bonds is 6. The lowest BCUT2D eigenvalue weighted by Crippen LogP contribution is -2.57. The van der Waals surface area contributed by atoms with Crippen LogP contribution in [0, 0.1) is 0 Å². The van der Waals surface area contributed by atoms with Gasteiger partial charge in [-0.15, -0.1) is 0 Å². The summed E-state index contributed by atoms with van der Waals surface area (Å²) in [6, 6.07) is 6.17. The number of imidazole rings is 1. The number of aromatic nitrogens is 2. The van der Waals surface area contributed by atoms with Gasteiger partial charge in [-0.2, -0.15) is 11.8 Å². The summed E-state index contributed by atoms with van der Waals surface area (Å²) < 4.78 is 0. The molecule has 2 amide bonds. The van der Waals surface area contributed by atoms with E-state index in [1.54, 1.807) is 42.4 Å². The molecule has 7 nitrogen and oxygen atoms in total. The van der Waals surface area contributed by atoms with Crippen LogP contribution >= 0.6 is 23.4 Å². The number of amides is 2. The minimum absolute atomic E-state index is 0.00993. The average molecular weight is 462 g/mol. The molecule has 1 fully saturated rings. The van der Waals surface area contributed by atoms with Crippen molar-refractivity contribution in [2.24, 2.45) is 0 Å². The fraction of sp³-hybridized carbons (Fsp3) is 0.500. The van der Waals surface area contributed by atoms with E-state index in [0.29, 0.717) is 30.1 Å². The van der Waals surface area contributed by atoms with E-state index in [1.807, 2.05) is 11.2 Å². The van der Waals surface area contributed by atoms with Crippen molar-refractivity contribution in [3.05, 3.63) is 52.6 Å². The number of thioether (sulfide) groups is 1. The van der Waals surface area contributed by atoms with Crippen molar-refractivity contribution in [1.29, 1.82) is 0 Å². The van der Waals surface area contributed by atoms with Gasteiger partial charge < -0.3 is 20.5 Å². The first-order valence-electron chi connectivity index (χ1n) is 10.6. The molecule has 1 atom stereocenters. The second-order valence-electron chi connectivity index (χ2n) is 8.13. The molecular formula is C22H28ClN5O2S. The third-order valence-electron chi connectivity index (χ3n) is 6.26. The second kappa shape index (κ2) is 9.63. The Morgan fingerprint density at radius 3 is 2.74 bits per heavy atom. The third kappa shape index (κ3) is 4.76. The number of H-pyrrole nitrogens is 1. The Hall–Kier alpha value is -2.03. The van der Waals surface area contributed by atoms with Crippen molar-refractivity contribution < 1.29 is 9.59 Å². The van der Waals surface area contributed by atoms with E-state index in [1.165, 1.54) is 5.69 Å². The number of nitrogens with one attached hydrogen (secondary N) is 3. The van der Waals surface area contributed by atoms with Gasteiger partial charge in [0.2, 0.25) is 5.91 Å². The Morgan fingerprint density at radius 2 is 2.03 bits per heavy atom. The maximum atomic E-state index is 13.3. The molecule has 2 aliphatic rings. The number of fused-ring (bicyclic) bond motifs is 2. The van der Waals surface area contributed by atoms with E-state index in [9.17, 15) is 9.59 Å². The number of hydrogen-bond donors (Lipinski definition) is 3. The third-order valence-corrected chi connectivity index (χ3v) is 7.16. The zero-order valence-electron chi connectivity index (χ0n) is 17.6. The molecule has 2 aromatic rings. The molecule has 2 aliphatic heterocycles. The van der Waals surface area contributed by atoms with Gasteiger partial charge in [0.25, 0.3) is 5.91 Å². The lowest BCUT2D eigenvalue weighted by Gasteiger charge is -2.44. The van der Waals surface area contributed by atoms with Crippen molar-refractivity contribution in [2.75, 3.05) is 31.6 Å². The standard InChI is InChI=1S/C22H28ClN5O2S/c1-31-13-7-18(27-20(29)15-2-4-16(23)5-3-15)21(30)28-11-8-22(9-12-28)19-17(6-10-26-22)24-14-25-19/h2-5,14,18,26H,6-13H2,1H3,(H,24,25)(H,27,29)/t18-/m1/s1. The fourth-order valence-corrected chi connectivity index (χ4v) is 5.11. The minimum Gasteiger partial charge on any atom is -0.348 e. The number of hydrogen-bond acceptors (Lipinski definition) is 5. The van der Waals surface area contributed by atoms with Gasteiger partial charge >= 0.3 is 0 Å². The van der Waals surface area contributed by atoms with Crippen LogP contribution in [-0.4, -0.2) is 64.4 Å². The highest BCUT2D eigenvalue weighted by atomic mass is 35.5. The van der Waals surface area contributed by atoms with Gasteiger partial charge in [0.1, 0.15) is 6.04 Å². The van der Waals surface area contributed by atoms with Crippen LogP contribution in [0.15, 0.2) is 30.6 Å². The first-order valence-corrected chi connectivity index (χ1v) is 12.4. The molecule has 0 bridgehead atoms. The monoisotopic (exact) mass is 461 g/mol. The molecule has 1 aromatic carbocycles. The van der Waals surface area contributed by atoms with E-state index in [0.717, 1.165) is 37.3 Å². The number of likely N-dealkylation sites (tertiary alicyclic amines) is 1. The number of carbonyl (C=O) groups is 2. The second-order valence-corrected chi connectivity index (χ2v) is 9.55. The van der Waals surface area contributed by atoms with Gasteiger partial charge in [-0.3, -0.25) is 9.59 Å². The van der Waals surface area contributed by atoms with E-state index in [4.69, 9.17) is 11.6 Å². The Labute approximate surface area is 191 Å². The van der Waals surface area contributed by atoms with Gasteiger partial charge in [0, 0.05) is 42.3 Å². The van der Waals surface area contributed by atoms with Crippen LogP contribution in [0.3, 0.4) is 0 Å². The lowest BCUT2D eigenvalue weighted by atomic mass is 9.80. The van der Waals surface area contributed by atoms with Gasteiger partial charge in [-0.05, 0) is 55.5 Å². The van der Waals surface area contributed by atoms with Crippen molar-refractivity contribution in [1.82, 2.24) is 25.5 Å². The molecule has 0 radical (unpaired) electrons. The molecule has 31 heavy (non-hydrogen) atoms. The summed E-state index contributed by atoms with van der Waals surface area (Å²) >= 11 is 7.59. The summed E-state index contributed by atoms with van der Waals surface area (Å²) in [5.74, 6) is 0.539. The maximum absolute atomic E-state index is 13.3. The Balaban J connectivity index is 1.42. The molecule has 0 saturated carbocycles. The molecule has 4 rings (SSSR count). The Bertz CT molecular complexity index is 924. The number of nitrogens with zero attached hydrogens (tertiary/aromatic N) is 2. The van der Waals surface area contributed by atoms with Crippen molar-refractivity contribution in [3.8, 4) is 0 Å². The predicted molar refractivity (Wildman–Crippen MR) is 123 cm³/mol. The molecule has 1 aromatic heterocycles. The minimum atomic E-state index is -0.537. The molecule has 0 aliphatic carbocycles. The molecule has 3 heterocycles. The van der Waals surface area contributed by atoms with Crippen LogP contribution < -0.4 is 10.6 Å². The topological polar surface area (TPSA) is 90.1 Å². The number of carbonyl (C=O) groups excluding carboxylic acids is 2. The zero-order valence-corrected chi connectivity index (χ0v) is 19.2. The van der Waals surface area contributed by atoms with Crippen LogP contribution in [-0.2, 0) is 16.8 Å². The number of halogens is 1. The van der Waals surface area contributed by atoms with Crippen molar-refractivity contribution in [3.63, 3.8) is 0 Å². The summed E-state index contributed by atoms with van der Waals surface area (Å²) in [6.07, 6.45) is 6.95. The summed E-state index contributed by atoms with van der Waals surface area (Å²) in [7, 11) is 0. The highest BCUT2D eigenvalue weighted by Crippen LogP contribution is 2.36. The van der Waals surface area contributed by atoms with E-state index < -0.39 is 6.04 Å². The van der Waals surface area contributed by atoms with Gasteiger partial charge in [0.15, 0.2) is 0 Å². The van der Waals surface area contributed by atoms with E-state index >= 15 is 0 Å². The van der Waals surface area contributed by atoms with Crippen molar-refractivity contribution in [2.45, 2.75) is 37.3 Å². The molecular weight excluding hydrogens is 434 g/mol. The van der Waals surface area contributed by atoms with Crippen LogP contribution in [0.25, 0.3) is 0 Å². The predicted octanol–water partition coefficient (Wildman–Crippen LogP) is 2.58. The fourth-order valence-electron chi connectivity index (χ4n) is 4.51. The van der Waals surface area contributed by atoms with Crippen LogP contribution in [0.1, 0.15) is 41.0 Å². The first-order chi connectivity index (χ1) is 15.0. The molecule has 166 valence electrons. The summed E-state index contributed by atoms with van der Waals surface area (Å²) in [4.78, 5) is 35.8. The molecule has 0 unspecified atom stereocenters. The van der Waals surface area contributed by atoms with Crippen molar-refractivity contribution >= 4 is 35.2 Å². The normalized spacial score (nSPS) is 18.5. The van der Waals surface area contributed by atoms with Crippen LogP contribution in [0.5, 0.6) is 0 Å². The largest absolute Gasteiger partial charge is 0.348 e. The summed E-state index contributed by atoms with van der Waals surface area (Å²) in [5, 5.41) is 7.18. The number of piperidine rings is 1. The Kier molecular flexibility index (Phi) is 6.89. The van der Waals surface area contributed by atoms with Gasteiger partial charge in [-0.25, -0.2) is 4.98 Å². The van der Waals surface area contributed by atoms with Crippen LogP contribution in [0.4, 0.5) is 0 Å². The molecule has 9 heteroatoms. The summed E-state index contributed by atoms with van der Waals surface area (Å²) in [6.45, 7) is 2.20. The SMILES string of the molecule is CSCC[C@@H](NC(=O)c1ccc(Cl)cc1)C(=O)N1CCC2(CC1)NCCc1[nH]cnc12. The lowest BCUT2D eigenvalue weighted by molar-refractivity contribution is -0.135. The quantitative estimate of drug-likeness (QED) is 0.615. The average Bonchev–Trinajstić information content (AvgIpc) is 3.28. The van der Waals surface area contributed by atoms with Gasteiger partial charge in [0.05, 0.1) is 17.6 Å². The Morgan fingerprint density at radius 1 is 1.29 bits per heavy atom. The van der Waals surface area contributed by atoms with Crippen LogP contribution in [0.2, 0.25) is 5.02 Å². The van der Waals surface area contributed by atoms with E-state index in [-0.39, 0.29) is 17.4 Å². The highest BCUT2D eigenvalue weighted by molar-refractivity contribution is 7.98. The highest BCUT2D eigenvalue weighted by Gasteiger charge is 2.42. The maximum Gasteiger partial charge on any atom is 0.251 e. The first kappa shape index (κ1) is 22.2.